The molecule has 1 atom stereocenters. The number of carbonyl (C=O) groups excluding carboxylic acids is 2. The van der Waals surface area contributed by atoms with E-state index in [2.05, 4.69) is 5.32 Å². The molecule has 8 heteroatoms. The highest BCUT2D eigenvalue weighted by atomic mass is 32.2. The Bertz CT molecular complexity index is 923. The van der Waals surface area contributed by atoms with Crippen molar-refractivity contribution in [2.75, 3.05) is 23.4 Å². The van der Waals surface area contributed by atoms with Crippen LogP contribution >= 0.6 is 11.3 Å². The van der Waals surface area contributed by atoms with E-state index in [0.717, 1.165) is 6.42 Å². The standard InChI is InChI=1S/C19H22N2O4S2/c1-2-9-21(16-8-11-27(24,25)13-16)19(23)14-5-3-6-15(12-14)20-18(22)17-7-4-10-26-17/h3-7,10,12,16H,2,8-9,11,13H2,1H3,(H,20,22). The molecule has 0 spiro atoms. The van der Waals surface area contributed by atoms with E-state index in [0.29, 0.717) is 29.1 Å². The van der Waals surface area contributed by atoms with Gasteiger partial charge in [-0.25, -0.2) is 8.42 Å². The summed E-state index contributed by atoms with van der Waals surface area (Å²) >= 11 is 1.34. The second kappa shape index (κ2) is 8.22. The zero-order valence-corrected chi connectivity index (χ0v) is 16.7. The highest BCUT2D eigenvalue weighted by Gasteiger charge is 2.34. The van der Waals surface area contributed by atoms with Crippen LogP contribution in [0.3, 0.4) is 0 Å². The summed E-state index contributed by atoms with van der Waals surface area (Å²) in [6.07, 6.45) is 1.22. The van der Waals surface area contributed by atoms with Crippen LogP contribution in [0.15, 0.2) is 41.8 Å². The van der Waals surface area contributed by atoms with Crippen molar-refractivity contribution in [3.8, 4) is 0 Å². The van der Waals surface area contributed by atoms with Crippen molar-refractivity contribution in [3.05, 3.63) is 52.2 Å². The summed E-state index contributed by atoms with van der Waals surface area (Å²) in [7, 11) is -3.07. The van der Waals surface area contributed by atoms with E-state index < -0.39 is 9.84 Å². The molecule has 2 heterocycles. The maximum Gasteiger partial charge on any atom is 0.265 e. The minimum absolute atomic E-state index is 0.0214. The lowest BCUT2D eigenvalue weighted by Gasteiger charge is -2.28. The number of hydrogen-bond acceptors (Lipinski definition) is 5. The van der Waals surface area contributed by atoms with Gasteiger partial charge in [0, 0.05) is 23.8 Å². The van der Waals surface area contributed by atoms with Gasteiger partial charge in [-0.05, 0) is 42.5 Å². The van der Waals surface area contributed by atoms with Gasteiger partial charge in [0.05, 0.1) is 16.4 Å². The lowest BCUT2D eigenvalue weighted by molar-refractivity contribution is 0.0697. The molecule has 6 nitrogen and oxygen atoms in total. The fourth-order valence-corrected chi connectivity index (χ4v) is 5.56. The van der Waals surface area contributed by atoms with Crippen molar-refractivity contribution in [1.29, 1.82) is 0 Å². The third-order valence-corrected chi connectivity index (χ3v) is 7.11. The van der Waals surface area contributed by atoms with Crippen LogP contribution in [0.25, 0.3) is 0 Å². The molecular weight excluding hydrogens is 384 g/mol. The maximum atomic E-state index is 13.0. The number of benzene rings is 1. The van der Waals surface area contributed by atoms with Gasteiger partial charge in [-0.3, -0.25) is 9.59 Å². The van der Waals surface area contributed by atoms with Gasteiger partial charge in [-0.2, -0.15) is 0 Å². The number of carbonyl (C=O) groups is 2. The van der Waals surface area contributed by atoms with Crippen LogP contribution in [-0.2, 0) is 9.84 Å². The Morgan fingerprint density at radius 3 is 2.70 bits per heavy atom. The molecular formula is C19H22N2O4S2. The molecule has 1 aromatic carbocycles. The predicted octanol–water partition coefficient (Wildman–Crippen LogP) is 3.04. The van der Waals surface area contributed by atoms with E-state index in [1.165, 1.54) is 11.3 Å². The third kappa shape index (κ3) is 4.75. The first-order valence-corrected chi connectivity index (χ1v) is 11.6. The first-order chi connectivity index (χ1) is 12.9. The topological polar surface area (TPSA) is 83.6 Å². The Morgan fingerprint density at radius 1 is 1.26 bits per heavy atom. The first kappa shape index (κ1) is 19.6. The van der Waals surface area contributed by atoms with E-state index >= 15 is 0 Å². The van der Waals surface area contributed by atoms with Gasteiger partial charge in [-0.1, -0.05) is 19.1 Å². The number of amides is 2. The molecule has 27 heavy (non-hydrogen) atoms. The molecule has 1 aliphatic heterocycles. The zero-order valence-electron chi connectivity index (χ0n) is 15.1. The van der Waals surface area contributed by atoms with Gasteiger partial charge >= 0.3 is 0 Å². The van der Waals surface area contributed by atoms with Crippen LogP contribution in [0.2, 0.25) is 0 Å². The molecule has 1 saturated heterocycles. The largest absolute Gasteiger partial charge is 0.335 e. The van der Waals surface area contributed by atoms with E-state index in [4.69, 9.17) is 0 Å². The molecule has 2 amide bonds. The summed E-state index contributed by atoms with van der Waals surface area (Å²) in [5, 5.41) is 4.62. The van der Waals surface area contributed by atoms with Gasteiger partial charge in [0.2, 0.25) is 0 Å². The smallest absolute Gasteiger partial charge is 0.265 e. The van der Waals surface area contributed by atoms with Crippen molar-refractivity contribution in [2.45, 2.75) is 25.8 Å². The quantitative estimate of drug-likeness (QED) is 0.799. The van der Waals surface area contributed by atoms with Gasteiger partial charge < -0.3 is 10.2 Å². The SMILES string of the molecule is CCCN(C(=O)c1cccc(NC(=O)c2cccs2)c1)C1CCS(=O)(=O)C1. The summed E-state index contributed by atoms with van der Waals surface area (Å²) in [5.74, 6) is -0.275. The lowest BCUT2D eigenvalue weighted by Crippen LogP contribution is -2.41. The summed E-state index contributed by atoms with van der Waals surface area (Å²) in [5.41, 5.74) is 0.978. The van der Waals surface area contributed by atoms with Gasteiger partial charge in [0.1, 0.15) is 0 Å². The number of thiophene rings is 1. The molecule has 2 aromatic rings. The number of nitrogens with zero attached hydrogens (tertiary/aromatic N) is 1. The fourth-order valence-electron chi connectivity index (χ4n) is 3.21. The number of nitrogens with one attached hydrogen (secondary N) is 1. The summed E-state index contributed by atoms with van der Waals surface area (Å²) in [6, 6.07) is 10.0. The van der Waals surface area contributed by atoms with Crippen LogP contribution in [0.1, 0.15) is 39.8 Å². The number of rotatable bonds is 6. The summed E-state index contributed by atoms with van der Waals surface area (Å²) in [4.78, 5) is 27.5. The van der Waals surface area contributed by atoms with Crippen molar-refractivity contribution in [3.63, 3.8) is 0 Å². The van der Waals surface area contributed by atoms with Crippen LogP contribution in [-0.4, -0.2) is 49.2 Å². The van der Waals surface area contributed by atoms with Crippen LogP contribution < -0.4 is 5.32 Å². The molecule has 1 unspecified atom stereocenters. The molecule has 1 aromatic heterocycles. The van der Waals surface area contributed by atoms with Crippen LogP contribution in [0, 0.1) is 0 Å². The van der Waals surface area contributed by atoms with E-state index in [1.807, 2.05) is 12.3 Å². The second-order valence-electron chi connectivity index (χ2n) is 6.57. The van der Waals surface area contributed by atoms with Crippen molar-refractivity contribution >= 4 is 38.7 Å². The zero-order chi connectivity index (χ0) is 19.4. The summed E-state index contributed by atoms with van der Waals surface area (Å²) in [6.45, 7) is 2.46. The van der Waals surface area contributed by atoms with Gasteiger partial charge in [0.15, 0.2) is 9.84 Å². The van der Waals surface area contributed by atoms with Crippen LogP contribution in [0.5, 0.6) is 0 Å². The number of sulfone groups is 1. The van der Waals surface area contributed by atoms with E-state index in [1.54, 1.807) is 41.3 Å². The average Bonchev–Trinajstić information content (AvgIpc) is 3.29. The average molecular weight is 407 g/mol. The van der Waals surface area contributed by atoms with E-state index in [-0.39, 0.29) is 29.4 Å². The maximum absolute atomic E-state index is 13.0. The highest BCUT2D eigenvalue weighted by molar-refractivity contribution is 7.91. The highest BCUT2D eigenvalue weighted by Crippen LogP contribution is 2.22. The minimum Gasteiger partial charge on any atom is -0.335 e. The first-order valence-electron chi connectivity index (χ1n) is 8.86. The molecule has 1 fully saturated rings. The Kier molecular flexibility index (Phi) is 5.96. The van der Waals surface area contributed by atoms with Gasteiger partial charge in [-0.15, -0.1) is 11.3 Å². The monoisotopic (exact) mass is 406 g/mol. The second-order valence-corrected chi connectivity index (χ2v) is 9.74. The molecule has 144 valence electrons. The Labute approximate surface area is 163 Å². The Balaban J connectivity index is 1.77. The number of anilines is 1. The fraction of sp³-hybridized carbons (Fsp3) is 0.368. The minimum atomic E-state index is -3.07. The molecule has 0 saturated carbocycles. The molecule has 0 bridgehead atoms. The third-order valence-electron chi connectivity index (χ3n) is 4.49. The molecule has 0 radical (unpaired) electrons. The van der Waals surface area contributed by atoms with Crippen molar-refractivity contribution in [1.82, 2.24) is 4.90 Å². The predicted molar refractivity (Wildman–Crippen MR) is 107 cm³/mol. The normalized spacial score (nSPS) is 18.2. The van der Waals surface area contributed by atoms with Crippen molar-refractivity contribution in [2.24, 2.45) is 0 Å². The Morgan fingerprint density at radius 2 is 2.07 bits per heavy atom. The van der Waals surface area contributed by atoms with Crippen molar-refractivity contribution < 1.29 is 18.0 Å². The molecule has 1 N–H and O–H groups in total. The molecule has 3 rings (SSSR count). The van der Waals surface area contributed by atoms with Crippen LogP contribution in [0.4, 0.5) is 5.69 Å². The van der Waals surface area contributed by atoms with Gasteiger partial charge in [0.25, 0.3) is 11.8 Å². The Hall–Kier alpha value is -2.19. The molecule has 1 aliphatic rings. The summed E-state index contributed by atoms with van der Waals surface area (Å²) < 4.78 is 23.6. The number of hydrogen-bond donors (Lipinski definition) is 1. The lowest BCUT2D eigenvalue weighted by atomic mass is 10.1. The van der Waals surface area contributed by atoms with E-state index in [9.17, 15) is 18.0 Å². The molecule has 0 aliphatic carbocycles.